The van der Waals surface area contributed by atoms with Crippen LogP contribution in [0.2, 0.25) is 0 Å². The Morgan fingerprint density at radius 1 is 1.30 bits per heavy atom. The average molecular weight is 340 g/mol. The first-order valence-corrected chi connectivity index (χ1v) is 8.81. The third-order valence-electron chi connectivity index (χ3n) is 3.88. The van der Waals surface area contributed by atoms with E-state index in [2.05, 4.69) is 0 Å². The molecule has 23 heavy (non-hydrogen) atoms. The number of benzene rings is 1. The Bertz CT molecular complexity index is 674. The van der Waals surface area contributed by atoms with E-state index in [0.717, 1.165) is 0 Å². The molecule has 1 atom stereocenters. The van der Waals surface area contributed by atoms with E-state index < -0.39 is 22.0 Å². The number of rotatable bonds is 6. The molecule has 1 amide bonds. The molecule has 0 aliphatic carbocycles. The van der Waals surface area contributed by atoms with Gasteiger partial charge in [-0.05, 0) is 25.0 Å². The van der Waals surface area contributed by atoms with E-state index in [4.69, 9.17) is 5.11 Å². The molecule has 0 radical (unpaired) electrons. The smallest absolute Gasteiger partial charge is 0.305 e. The number of carboxylic acids is 1. The lowest BCUT2D eigenvalue weighted by Gasteiger charge is -2.27. The van der Waals surface area contributed by atoms with Gasteiger partial charge < -0.3 is 10.0 Å². The van der Waals surface area contributed by atoms with E-state index in [1.54, 1.807) is 18.2 Å². The summed E-state index contributed by atoms with van der Waals surface area (Å²) >= 11 is 0. The van der Waals surface area contributed by atoms with E-state index >= 15 is 0 Å². The van der Waals surface area contributed by atoms with Crippen molar-refractivity contribution in [2.75, 3.05) is 20.1 Å². The number of carbonyl (C=O) groups is 2. The minimum Gasteiger partial charge on any atom is -0.481 e. The molecular weight excluding hydrogens is 320 g/mol. The van der Waals surface area contributed by atoms with Gasteiger partial charge in [0.1, 0.15) is 6.04 Å². The van der Waals surface area contributed by atoms with Crippen molar-refractivity contribution < 1.29 is 23.1 Å². The van der Waals surface area contributed by atoms with Gasteiger partial charge in [-0.3, -0.25) is 9.59 Å². The monoisotopic (exact) mass is 340 g/mol. The second-order valence-corrected chi connectivity index (χ2v) is 7.38. The molecule has 2 rings (SSSR count). The fourth-order valence-corrected chi connectivity index (χ4v) is 4.30. The number of aliphatic carboxylic acids is 1. The van der Waals surface area contributed by atoms with Crippen molar-refractivity contribution in [3.05, 3.63) is 30.3 Å². The first kappa shape index (κ1) is 17.4. The van der Waals surface area contributed by atoms with E-state index in [1.807, 2.05) is 0 Å². The molecule has 1 N–H and O–H groups in total. The van der Waals surface area contributed by atoms with Gasteiger partial charge in [0.25, 0.3) is 0 Å². The molecule has 1 saturated heterocycles. The number of carbonyl (C=O) groups excluding carboxylic acids is 1. The third kappa shape index (κ3) is 3.89. The summed E-state index contributed by atoms with van der Waals surface area (Å²) in [6.45, 7) is 0.351. The summed E-state index contributed by atoms with van der Waals surface area (Å²) in [4.78, 5) is 24.5. The summed E-state index contributed by atoms with van der Waals surface area (Å²) in [5, 5.41) is 8.70. The van der Waals surface area contributed by atoms with Crippen LogP contribution >= 0.6 is 0 Å². The Hall–Kier alpha value is -1.93. The van der Waals surface area contributed by atoms with Gasteiger partial charge >= 0.3 is 5.97 Å². The first-order chi connectivity index (χ1) is 10.8. The van der Waals surface area contributed by atoms with Gasteiger partial charge in [0.2, 0.25) is 15.9 Å². The molecule has 126 valence electrons. The highest BCUT2D eigenvalue weighted by Gasteiger charge is 2.40. The van der Waals surface area contributed by atoms with Crippen LogP contribution < -0.4 is 0 Å². The Balaban J connectivity index is 2.17. The van der Waals surface area contributed by atoms with Gasteiger partial charge in [-0.15, -0.1) is 0 Å². The fourth-order valence-electron chi connectivity index (χ4n) is 2.63. The minimum atomic E-state index is -3.73. The van der Waals surface area contributed by atoms with E-state index in [-0.39, 0.29) is 23.8 Å². The summed E-state index contributed by atoms with van der Waals surface area (Å²) in [6, 6.07) is 7.24. The standard InChI is InChI=1S/C15H20N2O5S/c1-16(11-9-14(18)19)15(20)13-8-5-10-17(13)23(21,22)12-6-3-2-4-7-12/h2-4,6-7,13H,5,8-11H2,1H3,(H,18,19). The number of sulfonamides is 1. The lowest BCUT2D eigenvalue weighted by molar-refractivity contribution is -0.138. The van der Waals surface area contributed by atoms with Crippen molar-refractivity contribution in [1.82, 2.24) is 9.21 Å². The molecular formula is C15H20N2O5S. The second-order valence-electron chi connectivity index (χ2n) is 5.49. The lowest BCUT2D eigenvalue weighted by Crippen LogP contribution is -2.46. The van der Waals surface area contributed by atoms with Crippen LogP contribution in [0.25, 0.3) is 0 Å². The number of amides is 1. The quantitative estimate of drug-likeness (QED) is 0.825. The fraction of sp³-hybridized carbons (Fsp3) is 0.467. The largest absolute Gasteiger partial charge is 0.481 e. The Morgan fingerprint density at radius 3 is 2.57 bits per heavy atom. The molecule has 0 spiro atoms. The topological polar surface area (TPSA) is 95.0 Å². The maximum absolute atomic E-state index is 12.7. The third-order valence-corrected chi connectivity index (χ3v) is 5.80. The summed E-state index contributed by atoms with van der Waals surface area (Å²) < 4.78 is 26.6. The molecule has 1 aliphatic rings. The first-order valence-electron chi connectivity index (χ1n) is 7.37. The zero-order chi connectivity index (χ0) is 17.0. The molecule has 0 aromatic heterocycles. The maximum Gasteiger partial charge on any atom is 0.305 e. The van der Waals surface area contributed by atoms with Crippen molar-refractivity contribution in [2.45, 2.75) is 30.2 Å². The van der Waals surface area contributed by atoms with Crippen molar-refractivity contribution >= 4 is 21.9 Å². The van der Waals surface area contributed by atoms with Gasteiger partial charge in [-0.2, -0.15) is 4.31 Å². The van der Waals surface area contributed by atoms with E-state index in [0.29, 0.717) is 19.4 Å². The predicted molar refractivity (Wildman–Crippen MR) is 83.2 cm³/mol. The Morgan fingerprint density at radius 2 is 1.96 bits per heavy atom. The van der Waals surface area contributed by atoms with Crippen molar-refractivity contribution in [2.24, 2.45) is 0 Å². The molecule has 1 aromatic rings. The zero-order valence-corrected chi connectivity index (χ0v) is 13.7. The van der Waals surface area contributed by atoms with E-state index in [9.17, 15) is 18.0 Å². The van der Waals surface area contributed by atoms with Crippen LogP contribution in [0, 0.1) is 0 Å². The number of nitrogens with zero attached hydrogens (tertiary/aromatic N) is 2. The molecule has 1 aromatic carbocycles. The van der Waals surface area contributed by atoms with Crippen LogP contribution in [0.1, 0.15) is 19.3 Å². The molecule has 0 saturated carbocycles. The van der Waals surface area contributed by atoms with Crippen LogP contribution in [0.15, 0.2) is 35.2 Å². The van der Waals surface area contributed by atoms with Crippen LogP contribution in [0.3, 0.4) is 0 Å². The molecule has 1 fully saturated rings. The van der Waals surface area contributed by atoms with Crippen LogP contribution in [0.4, 0.5) is 0 Å². The van der Waals surface area contributed by atoms with Crippen LogP contribution in [-0.4, -0.2) is 60.8 Å². The molecule has 7 nitrogen and oxygen atoms in total. The van der Waals surface area contributed by atoms with Gasteiger partial charge in [0, 0.05) is 20.1 Å². The normalized spacial score (nSPS) is 18.7. The Labute approximate surface area is 135 Å². The highest BCUT2D eigenvalue weighted by Crippen LogP contribution is 2.27. The van der Waals surface area contributed by atoms with Crippen molar-refractivity contribution in [3.63, 3.8) is 0 Å². The minimum absolute atomic E-state index is 0.0594. The second kappa shape index (κ2) is 7.10. The molecule has 1 aliphatic heterocycles. The van der Waals surface area contributed by atoms with Crippen molar-refractivity contribution in [3.8, 4) is 0 Å². The Kier molecular flexibility index (Phi) is 5.38. The lowest BCUT2D eigenvalue weighted by atomic mass is 10.2. The maximum atomic E-state index is 12.7. The van der Waals surface area contributed by atoms with E-state index in [1.165, 1.54) is 28.4 Å². The number of carboxylic acid groups (broad SMARTS) is 1. The summed E-state index contributed by atoms with van der Waals surface area (Å²) in [5.74, 6) is -1.35. The average Bonchev–Trinajstić information content (AvgIpc) is 3.03. The number of hydrogen-bond donors (Lipinski definition) is 1. The summed E-state index contributed by atoms with van der Waals surface area (Å²) in [5.41, 5.74) is 0. The number of hydrogen-bond acceptors (Lipinski definition) is 4. The highest BCUT2D eigenvalue weighted by molar-refractivity contribution is 7.89. The SMILES string of the molecule is CN(CCC(=O)O)C(=O)C1CCCN1S(=O)(=O)c1ccccc1. The predicted octanol–water partition coefficient (Wildman–Crippen LogP) is 0.773. The van der Waals surface area contributed by atoms with Gasteiger partial charge in [0.15, 0.2) is 0 Å². The molecule has 1 heterocycles. The van der Waals surface area contributed by atoms with Crippen LogP contribution in [0.5, 0.6) is 0 Å². The van der Waals surface area contributed by atoms with Gasteiger partial charge in [0.05, 0.1) is 11.3 Å². The molecule has 1 unspecified atom stereocenters. The van der Waals surface area contributed by atoms with Gasteiger partial charge in [-0.1, -0.05) is 18.2 Å². The highest BCUT2D eigenvalue weighted by atomic mass is 32.2. The molecule has 0 bridgehead atoms. The van der Waals surface area contributed by atoms with Gasteiger partial charge in [-0.25, -0.2) is 8.42 Å². The van der Waals surface area contributed by atoms with Crippen LogP contribution in [-0.2, 0) is 19.6 Å². The van der Waals surface area contributed by atoms with Crippen molar-refractivity contribution in [1.29, 1.82) is 0 Å². The molecule has 8 heteroatoms. The summed E-state index contributed by atoms with van der Waals surface area (Å²) in [6.07, 6.45) is 0.887. The summed E-state index contributed by atoms with van der Waals surface area (Å²) in [7, 11) is -2.23. The number of likely N-dealkylation sites (N-methyl/N-ethyl adjacent to an activating group) is 1. The zero-order valence-electron chi connectivity index (χ0n) is 12.9.